The lowest BCUT2D eigenvalue weighted by Gasteiger charge is -2.12. The van der Waals surface area contributed by atoms with E-state index in [0.717, 1.165) is 32.1 Å². The van der Waals surface area contributed by atoms with Gasteiger partial charge in [0, 0.05) is 4.11 Å². The van der Waals surface area contributed by atoms with Crippen LogP contribution in [0.3, 0.4) is 0 Å². The molecule has 0 N–H and O–H groups in total. The molecule has 0 bridgehead atoms. The van der Waals surface area contributed by atoms with Crippen LogP contribution in [0.5, 0.6) is 0 Å². The minimum Gasteiger partial charge on any atom is -0.367 e. The molecule has 0 radical (unpaired) electrons. The van der Waals surface area contributed by atoms with E-state index in [9.17, 15) is 0 Å². The highest BCUT2D eigenvalue weighted by molar-refractivity contribution is 4.94. The fraction of sp³-hybridized carbons (Fsp3) is 1.00. The van der Waals surface area contributed by atoms with Crippen LogP contribution < -0.4 is 0 Å². The zero-order valence-corrected chi connectivity index (χ0v) is 11.4. The summed E-state index contributed by atoms with van der Waals surface area (Å²) in [5, 5.41) is 0. The molecule has 16 heavy (non-hydrogen) atoms. The Hall–Kier alpha value is -0.0400. The van der Waals surface area contributed by atoms with Crippen LogP contribution in [0.15, 0.2) is 0 Å². The van der Waals surface area contributed by atoms with Gasteiger partial charge in [0.25, 0.3) is 0 Å². The second-order valence-corrected chi connectivity index (χ2v) is 5.93. The van der Waals surface area contributed by atoms with Gasteiger partial charge >= 0.3 is 0 Å². The van der Waals surface area contributed by atoms with Gasteiger partial charge in [-0.2, -0.15) is 0 Å². The van der Waals surface area contributed by atoms with Crippen LogP contribution in [-0.2, 0) is 4.74 Å². The Kier molecular flexibility index (Phi) is 3.75. The predicted octanol–water partition coefficient (Wildman–Crippen LogP) is 4.80. The van der Waals surface area contributed by atoms with E-state index in [4.69, 9.17) is 8.85 Å². The van der Waals surface area contributed by atoms with Gasteiger partial charge in [-0.05, 0) is 38.5 Å². The number of epoxide rings is 1. The smallest absolute Gasteiger partial charge is 0.0892 e. The molecule has 0 aliphatic carbocycles. The molecule has 1 fully saturated rings. The Morgan fingerprint density at radius 3 is 2.38 bits per heavy atom. The molecule has 96 valence electrons. The quantitative estimate of drug-likeness (QED) is 0.545. The summed E-state index contributed by atoms with van der Waals surface area (Å²) >= 11 is 0. The van der Waals surface area contributed by atoms with Crippen LogP contribution >= 0.6 is 0 Å². The van der Waals surface area contributed by atoms with Crippen LogP contribution in [0.1, 0.15) is 77.2 Å². The first kappa shape index (κ1) is 9.94. The minimum atomic E-state index is -1.77. The van der Waals surface area contributed by atoms with Gasteiger partial charge in [-0.3, -0.25) is 0 Å². The van der Waals surface area contributed by atoms with Gasteiger partial charge < -0.3 is 4.74 Å². The van der Waals surface area contributed by atoms with Crippen LogP contribution in [-0.4, -0.2) is 11.7 Å². The molecule has 0 amide bonds. The average molecular weight is 229 g/mol. The second kappa shape index (κ2) is 6.05. The van der Waals surface area contributed by atoms with Crippen LogP contribution in [0.2, 0.25) is 0 Å². The molecule has 1 heteroatoms. The van der Waals surface area contributed by atoms with Gasteiger partial charge in [0.15, 0.2) is 0 Å². The van der Waals surface area contributed by atoms with Crippen molar-refractivity contribution in [1.29, 1.82) is 0 Å². The van der Waals surface area contributed by atoms with E-state index in [1.807, 2.05) is 6.92 Å². The van der Waals surface area contributed by atoms with Gasteiger partial charge in [-0.25, -0.2) is 0 Å². The average Bonchev–Trinajstić information content (AvgIpc) is 2.88. The lowest BCUT2D eigenvalue weighted by Crippen LogP contribution is -2.05. The third-order valence-electron chi connectivity index (χ3n) is 3.83. The normalized spacial score (nSPS) is 30.0. The summed E-state index contributed by atoms with van der Waals surface area (Å²) in [6.45, 7) is 6.76. The topological polar surface area (TPSA) is 12.5 Å². The first-order chi connectivity index (χ1) is 8.66. The molecule has 1 rings (SSSR count). The highest BCUT2D eigenvalue weighted by Gasteiger charge is 2.46. The summed E-state index contributed by atoms with van der Waals surface area (Å²) < 4.78 is 28.0. The zero-order valence-electron chi connectivity index (χ0n) is 14.4. The number of ether oxygens (including phenoxy) is 1. The van der Waals surface area contributed by atoms with Crippen molar-refractivity contribution < 1.29 is 8.85 Å². The summed E-state index contributed by atoms with van der Waals surface area (Å²) in [5.74, 6) is 0.555. The highest BCUT2D eigenvalue weighted by atomic mass is 16.6. The van der Waals surface area contributed by atoms with E-state index in [1.54, 1.807) is 0 Å². The predicted molar refractivity (Wildman–Crippen MR) is 70.7 cm³/mol. The molecular weight excluding hydrogens is 196 g/mol. The van der Waals surface area contributed by atoms with Gasteiger partial charge in [0.1, 0.15) is 0 Å². The monoisotopic (exact) mass is 229 g/mol. The SMILES string of the molecule is [2H]C([2H])([2H])C(CC)CCCC(C)CCC1OC1(C)C. The second-order valence-electron chi connectivity index (χ2n) is 5.93. The van der Waals surface area contributed by atoms with E-state index in [0.29, 0.717) is 12.0 Å². The number of rotatable bonds is 8. The van der Waals surface area contributed by atoms with E-state index >= 15 is 0 Å². The summed E-state index contributed by atoms with van der Waals surface area (Å²) in [6, 6.07) is 0. The van der Waals surface area contributed by atoms with Gasteiger partial charge in [0.05, 0.1) is 11.7 Å². The maximum Gasteiger partial charge on any atom is 0.0892 e. The molecule has 3 atom stereocenters. The number of hydrogen-bond donors (Lipinski definition) is 0. The van der Waals surface area contributed by atoms with Crippen molar-refractivity contribution in [3.8, 4) is 0 Å². The Morgan fingerprint density at radius 2 is 1.88 bits per heavy atom. The molecule has 0 aromatic heterocycles. The first-order valence-corrected chi connectivity index (χ1v) is 6.84. The fourth-order valence-corrected chi connectivity index (χ4v) is 2.24. The molecule has 0 aromatic carbocycles. The third kappa shape index (κ3) is 4.86. The summed E-state index contributed by atoms with van der Waals surface area (Å²) in [4.78, 5) is 0. The molecule has 0 saturated carbocycles. The van der Waals surface area contributed by atoms with Crippen LogP contribution in [0.4, 0.5) is 0 Å². The van der Waals surface area contributed by atoms with Crippen molar-refractivity contribution in [1.82, 2.24) is 0 Å². The fourth-order valence-electron chi connectivity index (χ4n) is 2.24. The molecule has 1 aliphatic heterocycles. The van der Waals surface area contributed by atoms with Crippen molar-refractivity contribution in [2.75, 3.05) is 0 Å². The lowest BCUT2D eigenvalue weighted by molar-refractivity contribution is 0.311. The van der Waals surface area contributed by atoms with E-state index in [-0.39, 0.29) is 11.5 Å². The van der Waals surface area contributed by atoms with E-state index in [2.05, 4.69) is 20.8 Å². The van der Waals surface area contributed by atoms with Crippen molar-refractivity contribution >= 4 is 0 Å². The molecule has 0 aromatic rings. The minimum absolute atomic E-state index is 0.105. The van der Waals surface area contributed by atoms with Crippen molar-refractivity contribution in [2.24, 2.45) is 11.8 Å². The first-order valence-electron chi connectivity index (χ1n) is 8.34. The largest absolute Gasteiger partial charge is 0.367 e. The molecule has 1 heterocycles. The zero-order chi connectivity index (χ0) is 14.7. The van der Waals surface area contributed by atoms with Gasteiger partial charge in [0.2, 0.25) is 0 Å². The summed E-state index contributed by atoms with van der Waals surface area (Å²) in [7, 11) is 0. The lowest BCUT2D eigenvalue weighted by atomic mass is 9.93. The molecule has 3 unspecified atom stereocenters. The van der Waals surface area contributed by atoms with Crippen molar-refractivity contribution in [3.05, 3.63) is 0 Å². The summed E-state index contributed by atoms with van der Waals surface area (Å²) in [5.41, 5.74) is 0.105. The van der Waals surface area contributed by atoms with Crippen molar-refractivity contribution in [3.63, 3.8) is 0 Å². The van der Waals surface area contributed by atoms with Gasteiger partial charge in [-0.1, -0.05) is 46.4 Å². The third-order valence-corrected chi connectivity index (χ3v) is 3.83. The van der Waals surface area contributed by atoms with Gasteiger partial charge in [-0.15, -0.1) is 0 Å². The molecular formula is C15H30O. The molecule has 1 nitrogen and oxygen atoms in total. The standard InChI is InChI=1S/C15H30O/c1-6-12(2)8-7-9-13(3)10-11-14-15(4,5)16-14/h12-14H,6-11H2,1-5H3/i2D3. The highest BCUT2D eigenvalue weighted by Crippen LogP contribution is 2.39. The summed E-state index contributed by atoms with van der Waals surface area (Å²) in [6.07, 6.45) is 6.55. The maximum absolute atomic E-state index is 7.48. The molecule has 0 spiro atoms. The number of hydrogen-bond acceptors (Lipinski definition) is 1. The Morgan fingerprint density at radius 1 is 1.25 bits per heavy atom. The van der Waals surface area contributed by atoms with E-state index in [1.165, 1.54) is 6.42 Å². The van der Waals surface area contributed by atoms with E-state index < -0.39 is 6.85 Å². The maximum atomic E-state index is 7.48. The van der Waals surface area contributed by atoms with Crippen LogP contribution in [0, 0.1) is 11.8 Å². The molecule has 1 saturated heterocycles. The molecule has 1 aliphatic rings. The van der Waals surface area contributed by atoms with Crippen molar-refractivity contribution in [2.45, 2.75) is 84.8 Å². The van der Waals surface area contributed by atoms with Crippen LogP contribution in [0.25, 0.3) is 0 Å². The Labute approximate surface area is 106 Å². The Balaban J connectivity index is 2.11. The Bertz CT molecular complexity index is 273.